The van der Waals surface area contributed by atoms with Crippen molar-refractivity contribution in [2.45, 2.75) is 58.0 Å². The number of nitrogens with one attached hydrogen (secondary N) is 1. The molecule has 3 nitrogen and oxygen atoms in total. The maximum Gasteiger partial charge on any atom is 0.0654 e. The Morgan fingerprint density at radius 1 is 1.37 bits per heavy atom. The summed E-state index contributed by atoms with van der Waals surface area (Å²) >= 11 is 1.81. The van der Waals surface area contributed by atoms with Crippen molar-refractivity contribution in [1.29, 1.82) is 0 Å². The van der Waals surface area contributed by atoms with Gasteiger partial charge in [-0.2, -0.15) is 0 Å². The van der Waals surface area contributed by atoms with Crippen LogP contribution < -0.4 is 11.3 Å². The summed E-state index contributed by atoms with van der Waals surface area (Å²) < 4.78 is 0. The van der Waals surface area contributed by atoms with Crippen LogP contribution in [-0.4, -0.2) is 23.5 Å². The number of aryl methyl sites for hydroxylation is 1. The van der Waals surface area contributed by atoms with Gasteiger partial charge in [0, 0.05) is 10.4 Å². The van der Waals surface area contributed by atoms with Crippen molar-refractivity contribution < 1.29 is 0 Å². The molecule has 1 fully saturated rings. The largest absolute Gasteiger partial charge is 0.296 e. The van der Waals surface area contributed by atoms with Gasteiger partial charge in [0.05, 0.1) is 6.04 Å². The first-order valence-electron chi connectivity index (χ1n) is 7.44. The van der Waals surface area contributed by atoms with E-state index < -0.39 is 0 Å². The molecule has 108 valence electrons. The third-order valence-electron chi connectivity index (χ3n) is 4.87. The summed E-state index contributed by atoms with van der Waals surface area (Å²) in [7, 11) is 0. The quantitative estimate of drug-likeness (QED) is 0.621. The molecule has 1 aliphatic rings. The smallest absolute Gasteiger partial charge is 0.0654 e. The summed E-state index contributed by atoms with van der Waals surface area (Å²) in [5.41, 5.74) is 4.66. The van der Waals surface area contributed by atoms with E-state index in [1.165, 1.54) is 36.4 Å². The van der Waals surface area contributed by atoms with Crippen molar-refractivity contribution in [3.8, 4) is 0 Å². The van der Waals surface area contributed by atoms with Crippen LogP contribution in [0.5, 0.6) is 0 Å². The van der Waals surface area contributed by atoms with Crippen molar-refractivity contribution in [3.05, 3.63) is 21.9 Å². The van der Waals surface area contributed by atoms with Crippen molar-refractivity contribution in [3.63, 3.8) is 0 Å². The molecule has 0 spiro atoms. The van der Waals surface area contributed by atoms with Gasteiger partial charge < -0.3 is 0 Å². The Bertz CT molecular complexity index is 392. The van der Waals surface area contributed by atoms with Crippen molar-refractivity contribution in [2.75, 3.05) is 13.1 Å². The Morgan fingerprint density at radius 3 is 2.42 bits per heavy atom. The van der Waals surface area contributed by atoms with E-state index in [1.807, 2.05) is 11.3 Å². The third kappa shape index (κ3) is 2.59. The van der Waals surface area contributed by atoms with E-state index in [1.54, 1.807) is 0 Å². The molecule has 0 amide bonds. The Morgan fingerprint density at radius 2 is 2.00 bits per heavy atom. The summed E-state index contributed by atoms with van der Waals surface area (Å²) in [4.78, 5) is 4.04. The van der Waals surface area contributed by atoms with Crippen LogP contribution in [0, 0.1) is 6.92 Å². The van der Waals surface area contributed by atoms with Crippen LogP contribution in [0.2, 0.25) is 0 Å². The highest BCUT2D eigenvalue weighted by Gasteiger charge is 2.43. The van der Waals surface area contributed by atoms with Gasteiger partial charge in [-0.1, -0.05) is 13.8 Å². The zero-order valence-corrected chi connectivity index (χ0v) is 13.2. The lowest BCUT2D eigenvalue weighted by Gasteiger charge is -2.46. The second kappa shape index (κ2) is 6.35. The third-order valence-corrected chi connectivity index (χ3v) is 5.74. The molecule has 1 aromatic heterocycles. The molecule has 1 atom stereocenters. The monoisotopic (exact) mass is 281 g/mol. The summed E-state index contributed by atoms with van der Waals surface area (Å²) in [6, 6.07) is 2.47. The van der Waals surface area contributed by atoms with Gasteiger partial charge in [0.2, 0.25) is 0 Å². The number of likely N-dealkylation sites (tertiary alicyclic amines) is 1. The molecule has 0 bridgehead atoms. The number of nitrogens with zero attached hydrogens (tertiary/aromatic N) is 1. The SMILES string of the molecule is CCC(CC)(C(NN)c1ccsc1C)N1CCCC1. The maximum atomic E-state index is 5.97. The van der Waals surface area contributed by atoms with Gasteiger partial charge in [-0.05, 0) is 62.7 Å². The second-order valence-electron chi connectivity index (χ2n) is 5.54. The molecule has 19 heavy (non-hydrogen) atoms. The average Bonchev–Trinajstić information content (AvgIpc) is 3.08. The average molecular weight is 281 g/mol. The first-order valence-corrected chi connectivity index (χ1v) is 8.32. The minimum Gasteiger partial charge on any atom is -0.296 e. The lowest BCUT2D eigenvalue weighted by atomic mass is 9.79. The molecule has 4 heteroatoms. The fourth-order valence-corrected chi connectivity index (χ4v) is 4.42. The molecular weight excluding hydrogens is 254 g/mol. The van der Waals surface area contributed by atoms with Crippen LogP contribution in [-0.2, 0) is 0 Å². The standard InChI is InChI=1S/C15H27N3S/c1-4-15(5-2,18-9-6-7-10-18)14(17-16)13-8-11-19-12(13)3/h8,11,14,17H,4-7,9-10,16H2,1-3H3. The summed E-state index contributed by atoms with van der Waals surface area (Å²) in [6.45, 7) is 9.22. The first-order chi connectivity index (χ1) is 9.19. The van der Waals surface area contributed by atoms with Gasteiger partial charge in [0.25, 0.3) is 0 Å². The van der Waals surface area contributed by atoms with E-state index in [2.05, 4.69) is 42.5 Å². The van der Waals surface area contributed by atoms with Crippen LogP contribution in [0.15, 0.2) is 11.4 Å². The number of hydrogen-bond donors (Lipinski definition) is 2. The Balaban J connectivity index is 2.37. The van der Waals surface area contributed by atoms with Crippen molar-refractivity contribution >= 4 is 11.3 Å². The highest BCUT2D eigenvalue weighted by Crippen LogP contribution is 2.40. The van der Waals surface area contributed by atoms with E-state index in [0.717, 1.165) is 12.8 Å². The normalized spacial score (nSPS) is 18.9. The van der Waals surface area contributed by atoms with Crippen LogP contribution >= 0.6 is 11.3 Å². The van der Waals surface area contributed by atoms with Gasteiger partial charge in [-0.25, -0.2) is 0 Å². The molecule has 0 saturated carbocycles. The van der Waals surface area contributed by atoms with Crippen LogP contribution in [0.4, 0.5) is 0 Å². The van der Waals surface area contributed by atoms with Gasteiger partial charge in [-0.3, -0.25) is 16.2 Å². The van der Waals surface area contributed by atoms with Gasteiger partial charge in [0.1, 0.15) is 0 Å². The lowest BCUT2D eigenvalue weighted by molar-refractivity contribution is 0.0616. The van der Waals surface area contributed by atoms with Gasteiger partial charge in [-0.15, -0.1) is 11.3 Å². The van der Waals surface area contributed by atoms with Gasteiger partial charge >= 0.3 is 0 Å². The number of hydrazine groups is 1. The lowest BCUT2D eigenvalue weighted by Crippen LogP contribution is -2.56. The molecule has 1 unspecified atom stereocenters. The van der Waals surface area contributed by atoms with Crippen LogP contribution in [0.1, 0.15) is 56.0 Å². The highest BCUT2D eigenvalue weighted by molar-refractivity contribution is 7.10. The molecule has 1 aromatic rings. The Labute approximate surface area is 121 Å². The first kappa shape index (κ1) is 15.0. The van der Waals surface area contributed by atoms with Gasteiger partial charge in [0.15, 0.2) is 0 Å². The maximum absolute atomic E-state index is 5.97. The minimum absolute atomic E-state index is 0.150. The highest BCUT2D eigenvalue weighted by atomic mass is 32.1. The Kier molecular flexibility index (Phi) is 5.01. The predicted octanol–water partition coefficient (Wildman–Crippen LogP) is 3.22. The second-order valence-corrected chi connectivity index (χ2v) is 6.66. The number of hydrogen-bond acceptors (Lipinski definition) is 4. The molecule has 2 heterocycles. The topological polar surface area (TPSA) is 41.3 Å². The Hall–Kier alpha value is -0.420. The van der Waals surface area contributed by atoms with Crippen molar-refractivity contribution in [1.82, 2.24) is 10.3 Å². The molecule has 1 aliphatic heterocycles. The summed E-state index contributed by atoms with van der Waals surface area (Å²) in [5, 5.41) is 2.18. The van der Waals surface area contributed by atoms with Crippen LogP contribution in [0.25, 0.3) is 0 Å². The molecule has 0 aliphatic carbocycles. The molecule has 0 radical (unpaired) electrons. The van der Waals surface area contributed by atoms with Crippen molar-refractivity contribution in [2.24, 2.45) is 5.84 Å². The minimum atomic E-state index is 0.150. The number of thiophene rings is 1. The molecule has 2 rings (SSSR count). The zero-order chi connectivity index (χ0) is 13.9. The fourth-order valence-electron chi connectivity index (χ4n) is 3.68. The predicted molar refractivity (Wildman–Crippen MR) is 83.2 cm³/mol. The number of rotatable bonds is 6. The molecule has 0 aromatic carbocycles. The van der Waals surface area contributed by atoms with E-state index in [0.29, 0.717) is 0 Å². The fraction of sp³-hybridized carbons (Fsp3) is 0.733. The van der Waals surface area contributed by atoms with Crippen LogP contribution in [0.3, 0.4) is 0 Å². The summed E-state index contributed by atoms with van der Waals surface area (Å²) in [6.07, 6.45) is 4.91. The van der Waals surface area contributed by atoms with E-state index in [4.69, 9.17) is 5.84 Å². The summed E-state index contributed by atoms with van der Waals surface area (Å²) in [5.74, 6) is 5.97. The zero-order valence-electron chi connectivity index (χ0n) is 12.4. The molecule has 3 N–H and O–H groups in total. The van der Waals surface area contributed by atoms with E-state index in [9.17, 15) is 0 Å². The molecule has 1 saturated heterocycles. The molecular formula is C15H27N3S. The van der Waals surface area contributed by atoms with E-state index >= 15 is 0 Å². The van der Waals surface area contributed by atoms with E-state index in [-0.39, 0.29) is 11.6 Å². The number of nitrogens with two attached hydrogens (primary N) is 1.